The molecule has 0 saturated carbocycles. The van der Waals surface area contributed by atoms with Crippen LogP contribution in [0.4, 0.5) is 4.39 Å². The number of unbranched alkanes of at least 4 members (excludes halogenated alkanes) is 2. The molecule has 17 amide bonds. The van der Waals surface area contributed by atoms with Crippen molar-refractivity contribution in [1.82, 2.24) is 81.9 Å². The zero-order chi connectivity index (χ0) is 99.7. The number of hydrogen-bond acceptors (Lipinski definition) is 21. The third-order valence-electron chi connectivity index (χ3n) is 25.5. The van der Waals surface area contributed by atoms with E-state index in [-0.39, 0.29) is 115 Å². The number of carbonyl (C=O) groups excluding carboxylic acids is 18. The molecular formula is C95H135FN20O19S. The average molecular weight is 1910 g/mol. The van der Waals surface area contributed by atoms with Crippen LogP contribution in [-0.2, 0) is 113 Å². The number of H-pyrrole nitrogens is 1. The second-order valence-electron chi connectivity index (χ2n) is 37.3. The van der Waals surface area contributed by atoms with Gasteiger partial charge in [0.15, 0.2) is 0 Å². The van der Waals surface area contributed by atoms with Gasteiger partial charge in [-0.1, -0.05) is 123 Å². The van der Waals surface area contributed by atoms with Crippen molar-refractivity contribution in [2.24, 2.45) is 41.3 Å². The molecule has 2 aromatic heterocycles. The summed E-state index contributed by atoms with van der Waals surface area (Å²) in [6, 6.07) is -2.01. The highest BCUT2D eigenvalue weighted by Crippen LogP contribution is 2.30. The quantitative estimate of drug-likeness (QED) is 0.0383. The number of nitrogens with zero attached hydrogens (tertiary/aromatic N) is 6. The van der Waals surface area contributed by atoms with Gasteiger partial charge in [-0.15, -0.1) is 11.8 Å². The van der Waals surface area contributed by atoms with Gasteiger partial charge in [0.05, 0.1) is 18.3 Å². The van der Waals surface area contributed by atoms with Crippen molar-refractivity contribution in [1.29, 1.82) is 0 Å². The molecule has 15 atom stereocenters. The molecule has 0 aliphatic carbocycles. The highest BCUT2D eigenvalue weighted by molar-refractivity contribution is 8.00. The molecule has 6 heterocycles. The number of nitrogens with two attached hydrogens (primary N) is 4. The second-order valence-corrected chi connectivity index (χ2v) is 38.4. The van der Waals surface area contributed by atoms with Crippen molar-refractivity contribution in [3.05, 3.63) is 108 Å². The number of halogens is 1. The first kappa shape index (κ1) is 107. The lowest BCUT2D eigenvalue weighted by Gasteiger charge is -2.38. The summed E-state index contributed by atoms with van der Waals surface area (Å²) >= 11 is 0.776. The molecule has 9 rings (SSSR count). The molecule has 5 aromatic rings. The molecule has 742 valence electrons. The summed E-state index contributed by atoms with van der Waals surface area (Å²) in [6.45, 7) is 11.2. The van der Waals surface area contributed by atoms with Crippen LogP contribution in [0.15, 0.2) is 85.2 Å². The summed E-state index contributed by atoms with van der Waals surface area (Å²) in [7, 11) is 4.52. The number of nitrogens with one attached hydrogen (secondary N) is 10. The minimum absolute atomic E-state index is 0.0102. The van der Waals surface area contributed by atoms with E-state index in [0.717, 1.165) is 44.1 Å². The Labute approximate surface area is 794 Å². The van der Waals surface area contributed by atoms with Crippen LogP contribution in [-0.4, -0.2) is 288 Å². The fraction of sp³-hybridized carbons (Fsp3) is 0.579. The molecule has 0 radical (unpaired) electrons. The highest BCUT2D eigenvalue weighted by atomic mass is 32.2. The van der Waals surface area contributed by atoms with Crippen LogP contribution >= 0.6 is 11.8 Å². The third-order valence-corrected chi connectivity index (χ3v) is 26.5. The largest absolute Gasteiger partial charge is 0.391 e. The number of para-hydroxylation sites is 2. The molecule has 19 N–H and O–H groups in total. The number of Topliss-reactive ketones (excluding diaryl/α,β-unsaturated/α-hetero) is 1. The topological polar surface area (TPSA) is 577 Å². The normalized spacial score (nSPS) is 25.4. The molecule has 136 heavy (non-hydrogen) atoms. The van der Waals surface area contributed by atoms with Crippen molar-refractivity contribution < 1.29 is 95.8 Å². The molecule has 3 aromatic carbocycles. The van der Waals surface area contributed by atoms with Crippen LogP contribution in [0.3, 0.4) is 0 Å². The van der Waals surface area contributed by atoms with Gasteiger partial charge in [-0.2, -0.15) is 0 Å². The highest BCUT2D eigenvalue weighted by Gasteiger charge is 2.48. The molecule has 0 bridgehead atoms. The van der Waals surface area contributed by atoms with Crippen molar-refractivity contribution in [2.45, 2.75) is 280 Å². The smallest absolute Gasteiger partial charge is 0.246 e. The van der Waals surface area contributed by atoms with E-state index < -0.39 is 240 Å². The van der Waals surface area contributed by atoms with Gasteiger partial charge in [0, 0.05) is 125 Å². The fourth-order valence-electron chi connectivity index (χ4n) is 17.9. The lowest BCUT2D eigenvalue weighted by molar-refractivity contribution is -0.149. The number of aromatic nitrogens is 2. The summed E-state index contributed by atoms with van der Waals surface area (Å²) < 4.78 is 16.3. The monoisotopic (exact) mass is 1910 g/mol. The van der Waals surface area contributed by atoms with Gasteiger partial charge in [-0.3, -0.25) is 86.3 Å². The first-order chi connectivity index (χ1) is 64.5. The number of aliphatic hydroxyl groups is 1. The zero-order valence-corrected chi connectivity index (χ0v) is 80.0. The molecule has 4 aliphatic heterocycles. The Hall–Kier alpha value is -12.4. The van der Waals surface area contributed by atoms with E-state index in [1.807, 2.05) is 36.6 Å². The molecule has 0 unspecified atom stereocenters. The number of aliphatic hydroxyl groups excluding tert-OH is 1. The van der Waals surface area contributed by atoms with Gasteiger partial charge >= 0.3 is 0 Å². The Balaban J connectivity index is 1.11. The summed E-state index contributed by atoms with van der Waals surface area (Å²) in [5, 5.41) is 37.4. The zero-order valence-electron chi connectivity index (χ0n) is 79.2. The Kier molecular flexibility index (Phi) is 39.4. The van der Waals surface area contributed by atoms with E-state index >= 15 is 52.7 Å². The molecule has 4 aliphatic rings. The number of benzene rings is 3. The predicted octanol–water partition coefficient (Wildman–Crippen LogP) is 0.721. The van der Waals surface area contributed by atoms with Crippen LogP contribution < -0.4 is 70.8 Å². The van der Waals surface area contributed by atoms with Gasteiger partial charge < -0.3 is 110 Å². The molecule has 41 heteroatoms. The summed E-state index contributed by atoms with van der Waals surface area (Å²) in [5.41, 5.74) is 25.5. The van der Waals surface area contributed by atoms with Gasteiger partial charge in [0.25, 0.3) is 0 Å². The molecule has 4 fully saturated rings. The van der Waals surface area contributed by atoms with Crippen molar-refractivity contribution in [2.75, 3.05) is 51.8 Å². The van der Waals surface area contributed by atoms with Crippen LogP contribution in [0, 0.1) is 17.2 Å². The van der Waals surface area contributed by atoms with E-state index in [0.29, 0.717) is 71.5 Å². The number of aromatic amines is 1. The van der Waals surface area contributed by atoms with E-state index in [4.69, 9.17) is 22.9 Å². The number of hydrogen-bond donors (Lipinski definition) is 15. The minimum atomic E-state index is -1.77. The summed E-state index contributed by atoms with van der Waals surface area (Å²) in [6.07, 6.45) is 0.636. The maximum absolute atomic E-state index is 15.9. The number of thioether (sulfide) groups is 1. The van der Waals surface area contributed by atoms with Crippen LogP contribution in [0.2, 0.25) is 0 Å². The van der Waals surface area contributed by atoms with Crippen LogP contribution in [0.5, 0.6) is 0 Å². The lowest BCUT2D eigenvalue weighted by Crippen LogP contribution is -2.61. The Morgan fingerprint density at radius 2 is 1.03 bits per heavy atom. The SMILES string of the molecule is CCCC[C@H]1C(=O)N(C)[C@@H](CCCC)C(=O)N[C@@H](CCC(N)=O)C(=O)N[C@H](C(N)=O)CSCC(=O)N[C@@H](Cc2ccc(F)cc2)C(=O)N2CCCC[C@H]2C(=O)N[C@@H](CC(N)=O)C(=O)N2CCC[C@H]2C(=O)N[C@@H](CCC(=O)C(C)(C)C)C(=O)N[C@@H](CC(C)C)C(=O)N2C[C@H](O)C[C@H]2C(=O)N[C@@H](Cc2c[nH]c3ccccc23)C(=O)N[C@@H](CCN)C(=O)N[C@@H](Cc2cn(C)c3ccccc23)C(=O)N1C. The number of amides is 17. The minimum Gasteiger partial charge on any atom is -0.391 e. The maximum Gasteiger partial charge on any atom is 0.246 e. The number of aryl methyl sites for hydroxylation is 1. The van der Waals surface area contributed by atoms with Crippen molar-refractivity contribution in [3.8, 4) is 0 Å². The molecule has 39 nitrogen and oxygen atoms in total. The average Bonchev–Trinajstić information content (AvgIpc) is 1.62. The van der Waals surface area contributed by atoms with Crippen LogP contribution in [0.25, 0.3) is 21.8 Å². The van der Waals surface area contributed by atoms with E-state index in [1.165, 1.54) is 36.0 Å². The van der Waals surface area contributed by atoms with Crippen LogP contribution in [0.1, 0.15) is 187 Å². The third kappa shape index (κ3) is 29.1. The number of carbonyl (C=O) groups is 18. The van der Waals surface area contributed by atoms with Gasteiger partial charge in [-0.25, -0.2) is 4.39 Å². The first-order valence-electron chi connectivity index (χ1n) is 46.9. The molecule has 4 saturated heterocycles. The van der Waals surface area contributed by atoms with Gasteiger partial charge in [-0.05, 0) is 124 Å². The van der Waals surface area contributed by atoms with E-state index in [1.54, 1.807) is 84.4 Å². The van der Waals surface area contributed by atoms with E-state index in [9.17, 15) is 43.1 Å². The number of piperidine rings is 1. The Morgan fingerprint density at radius 3 is 1.65 bits per heavy atom. The predicted molar refractivity (Wildman–Crippen MR) is 504 cm³/mol. The summed E-state index contributed by atoms with van der Waals surface area (Å²) in [4.78, 5) is 274. The Bertz CT molecular complexity index is 5160. The summed E-state index contributed by atoms with van der Waals surface area (Å²) in [5.74, 6) is -17.9. The van der Waals surface area contributed by atoms with Gasteiger partial charge in [0.1, 0.15) is 96.2 Å². The number of rotatable bonds is 25. The number of likely N-dealkylation sites (N-methyl/N-ethyl adjacent to an activating group) is 2. The van der Waals surface area contributed by atoms with Gasteiger partial charge in [0.2, 0.25) is 100 Å². The lowest BCUT2D eigenvalue weighted by atomic mass is 9.87. The number of ketones is 1. The molecular weight excluding hydrogens is 1780 g/mol. The molecule has 0 spiro atoms. The number of primary amides is 3. The first-order valence-corrected chi connectivity index (χ1v) is 48.0. The van der Waals surface area contributed by atoms with Crippen molar-refractivity contribution in [3.63, 3.8) is 0 Å². The van der Waals surface area contributed by atoms with E-state index in [2.05, 4.69) is 52.8 Å². The maximum atomic E-state index is 15.9. The fourth-order valence-corrected chi connectivity index (χ4v) is 18.8. The van der Waals surface area contributed by atoms with Crippen molar-refractivity contribution >= 4 is 140 Å². The Morgan fingerprint density at radius 1 is 0.515 bits per heavy atom. The number of fused-ring (bicyclic) bond motifs is 5. The second kappa shape index (κ2) is 49.9. The standard InChI is InChI=1S/C95H135FN20O19S/c1-11-13-25-72-86(127)104-63(35-37-78(98)119)83(124)110-70(81(100)122)51-136-52-80(121)102-67(43-54-30-32-57(96)33-31-54)91(132)114-40-20-19-28-73(114)88(129)109-69(47-79(99)120)92(133)115-41-21-29-74(115)87(128)105-62(34-36-77(118)95(5,6)7)82(123)107-66(42-53(3)4)93(134)116-50-58(117)46-76(116)89(130)106-65(44-55-48-101-61-24-17-15-22-59(55)61)85(126)103-64(38-39-97)84(125)108-68(45-56-49-111(8)71-27-18-16-23-60(56)71)90(131)113(10)75(26-14-12-2)94(135)112(72)9/h15-18,22-24,27,30-33,48-49,53,58,62-70,72-76,101,117H,11-14,19-21,25-26,28-29,34-47,50-52,97H2,1-10H3,(H2,98,119)(H2,99,120)(H2,100,122)(H,102,121)(H,103,126)(H,104,127)(H,105,128)(H,106,130)(H,107,123)(H,108,125)(H,109,129)(H,110,124)/t58-,62+,63+,64+,65+,66+,67+,68+,69+,70+,72+,73+,74+,75+,76+/m1/s1.